The van der Waals surface area contributed by atoms with E-state index >= 15 is 0 Å². The van der Waals surface area contributed by atoms with E-state index in [-0.39, 0.29) is 10.2 Å². The molecule has 0 amide bonds. The fraction of sp³-hybridized carbons (Fsp3) is 0.895. The molecule has 26 heavy (non-hydrogen) atoms. The van der Waals surface area contributed by atoms with Gasteiger partial charge in [-0.1, -0.05) is 0 Å². The summed E-state index contributed by atoms with van der Waals surface area (Å²) in [6.45, 7) is 4.29. The molecule has 0 aromatic rings. The van der Waals surface area contributed by atoms with E-state index < -0.39 is 6.55 Å². The summed E-state index contributed by atoms with van der Waals surface area (Å²) in [7, 11) is 6.36. The predicted molar refractivity (Wildman–Crippen MR) is 120 cm³/mol. The first-order valence-corrected chi connectivity index (χ1v) is 14.5. The third-order valence-electron chi connectivity index (χ3n) is 3.85. The van der Waals surface area contributed by atoms with E-state index in [4.69, 9.17) is 4.52 Å². The zero-order chi connectivity index (χ0) is 19.8. The minimum absolute atomic E-state index is 0.187. The molecule has 0 aliphatic carbocycles. The van der Waals surface area contributed by atoms with Gasteiger partial charge in [-0.25, -0.2) is 0 Å². The fourth-order valence-electron chi connectivity index (χ4n) is 2.16. The van der Waals surface area contributed by atoms with Crippen molar-refractivity contribution in [2.75, 3.05) is 34.3 Å². The zero-order valence-corrected chi connectivity index (χ0v) is 20.1. The second-order valence-electron chi connectivity index (χ2n) is 7.68. The second kappa shape index (κ2) is 16.4. The molecule has 0 fully saturated rings. The van der Waals surface area contributed by atoms with E-state index in [1.54, 1.807) is 0 Å². The van der Waals surface area contributed by atoms with E-state index in [0.717, 1.165) is 36.7 Å². The van der Waals surface area contributed by atoms with Crippen molar-refractivity contribution in [2.24, 2.45) is 0 Å². The molecule has 0 N–H and O–H groups in total. The van der Waals surface area contributed by atoms with Crippen LogP contribution in [0.2, 0.25) is 0 Å². The molecule has 0 unspecified atom stereocenters. The predicted octanol–water partition coefficient (Wildman–Crippen LogP) is 6.13. The van der Waals surface area contributed by atoms with Crippen molar-refractivity contribution in [3.63, 3.8) is 0 Å². The van der Waals surface area contributed by atoms with Crippen molar-refractivity contribution >= 4 is 39.5 Å². The molecule has 0 atom stereocenters. The average Bonchev–Trinajstić information content (AvgIpc) is 2.54. The minimum atomic E-state index is -1.52. The third kappa shape index (κ3) is 17.8. The van der Waals surface area contributed by atoms with Crippen molar-refractivity contribution in [3.8, 4) is 0 Å². The molecule has 0 aliphatic rings. The second-order valence-corrected chi connectivity index (χ2v) is 14.0. The van der Waals surface area contributed by atoms with Gasteiger partial charge < -0.3 is 0 Å². The zero-order valence-electron chi connectivity index (χ0n) is 17.5. The molecule has 156 valence electrons. The number of rotatable bonds is 16. The summed E-state index contributed by atoms with van der Waals surface area (Å²) in [5, 5.41) is 0.373. The Morgan fingerprint density at radius 2 is 1.27 bits per heavy atom. The van der Waals surface area contributed by atoms with Gasteiger partial charge in [-0.3, -0.25) is 0 Å². The standard InChI is InChI=1S/C19H40NO3PS2/c1-6-8-10-12-14-18(21)25-24(23-17-16-20(3,4)5)26-19(22)15-13-11-9-7-2/h24H,6-17H2,1-5H3. The number of quaternary nitrogens is 1. The van der Waals surface area contributed by atoms with Crippen LogP contribution in [0.15, 0.2) is 0 Å². The maximum absolute atomic E-state index is 12.2. The van der Waals surface area contributed by atoms with Crippen LogP contribution in [0.5, 0.6) is 0 Å². The van der Waals surface area contributed by atoms with E-state index in [0.29, 0.717) is 19.4 Å². The molecule has 0 aliphatic heterocycles. The van der Waals surface area contributed by atoms with Crippen LogP contribution in [-0.4, -0.2) is 49.0 Å². The summed E-state index contributed by atoms with van der Waals surface area (Å²) >= 11 is 2.60. The van der Waals surface area contributed by atoms with Crippen molar-refractivity contribution in [1.82, 2.24) is 0 Å². The van der Waals surface area contributed by atoms with Crippen molar-refractivity contribution in [1.29, 1.82) is 0 Å². The van der Waals surface area contributed by atoms with Gasteiger partial charge in [0.15, 0.2) is 0 Å². The van der Waals surface area contributed by atoms with Crippen LogP contribution in [-0.2, 0) is 14.1 Å². The molecule has 0 rings (SSSR count). The summed E-state index contributed by atoms with van der Waals surface area (Å²) < 4.78 is 6.80. The van der Waals surface area contributed by atoms with Gasteiger partial charge in [0.1, 0.15) is 0 Å². The first-order chi connectivity index (χ1) is 12.3. The number of likely N-dealkylation sites (N-methyl/N-ethyl adjacent to an activating group) is 1. The number of carbonyl (C=O) groups excluding carboxylic acids is 2. The summed E-state index contributed by atoms with van der Waals surface area (Å²) in [5.41, 5.74) is 0. The van der Waals surface area contributed by atoms with Crippen LogP contribution in [0, 0.1) is 0 Å². The van der Waals surface area contributed by atoms with Gasteiger partial charge in [0.05, 0.1) is 0 Å². The molecule has 0 heterocycles. The summed E-state index contributed by atoms with van der Waals surface area (Å²) in [4.78, 5) is 24.5. The van der Waals surface area contributed by atoms with E-state index in [1.807, 2.05) is 0 Å². The number of carbonyl (C=O) groups is 2. The Bertz CT molecular complexity index is 363. The van der Waals surface area contributed by atoms with Crippen molar-refractivity contribution in [3.05, 3.63) is 0 Å². The Labute approximate surface area is 170 Å². The Kier molecular flexibility index (Phi) is 16.6. The Balaban J connectivity index is 4.34. The van der Waals surface area contributed by atoms with Crippen LogP contribution in [0.25, 0.3) is 0 Å². The van der Waals surface area contributed by atoms with Gasteiger partial charge in [-0.2, -0.15) is 0 Å². The molecule has 0 radical (unpaired) electrons. The van der Waals surface area contributed by atoms with Gasteiger partial charge in [-0.15, -0.1) is 0 Å². The molecule has 7 heteroatoms. The summed E-state index contributed by atoms with van der Waals surface area (Å²) in [6, 6.07) is 0. The van der Waals surface area contributed by atoms with E-state index in [1.165, 1.54) is 48.4 Å². The molecule has 4 nitrogen and oxygen atoms in total. The van der Waals surface area contributed by atoms with Crippen LogP contribution in [0.4, 0.5) is 0 Å². The first-order valence-electron chi connectivity index (χ1n) is 10.00. The van der Waals surface area contributed by atoms with Gasteiger partial charge >= 0.3 is 170 Å². The first kappa shape index (κ1) is 26.4. The van der Waals surface area contributed by atoms with E-state index in [2.05, 4.69) is 35.0 Å². The maximum atomic E-state index is 12.2. The number of nitrogens with zero attached hydrogens (tertiary/aromatic N) is 1. The molecular weight excluding hydrogens is 385 g/mol. The van der Waals surface area contributed by atoms with Crippen molar-refractivity contribution < 1.29 is 18.6 Å². The number of unbranched alkanes of at least 4 members (excludes halogenated alkanes) is 6. The normalized spacial score (nSPS) is 12.3. The van der Waals surface area contributed by atoms with Crippen LogP contribution in [0.3, 0.4) is 0 Å². The molecule has 0 aromatic heterocycles. The fourth-order valence-corrected chi connectivity index (χ4v) is 8.20. The van der Waals surface area contributed by atoms with Crippen LogP contribution in [0.1, 0.15) is 78.1 Å². The SMILES string of the molecule is CCCCCCC(=O)S[PH-](OCC[N+](C)(C)C)SC(=O)CCCCCC. The van der Waals surface area contributed by atoms with Crippen LogP contribution >= 0.6 is 29.3 Å². The molecule has 0 saturated heterocycles. The number of hydrogen-bond donors (Lipinski definition) is 0. The Hall–Kier alpha value is 0.390. The molecular formula is C19H40NO3PS2. The molecule has 0 bridgehead atoms. The topological polar surface area (TPSA) is 43.4 Å². The summed E-state index contributed by atoms with van der Waals surface area (Å²) in [5.74, 6) is 0. The molecule has 0 saturated carbocycles. The quantitative estimate of drug-likeness (QED) is 0.169. The third-order valence-corrected chi connectivity index (χ3v) is 10.1. The Morgan fingerprint density at radius 1 is 0.808 bits per heavy atom. The van der Waals surface area contributed by atoms with Crippen molar-refractivity contribution in [2.45, 2.75) is 78.1 Å². The number of hydrogen-bond acceptors (Lipinski definition) is 5. The van der Waals surface area contributed by atoms with Crippen LogP contribution < -0.4 is 0 Å². The van der Waals surface area contributed by atoms with E-state index in [9.17, 15) is 9.59 Å². The molecule has 0 spiro atoms. The monoisotopic (exact) mass is 425 g/mol. The van der Waals surface area contributed by atoms with Gasteiger partial charge in [0.2, 0.25) is 0 Å². The average molecular weight is 426 g/mol. The molecule has 0 aromatic carbocycles. The summed E-state index contributed by atoms with van der Waals surface area (Å²) in [6.07, 6.45) is 10.0. The van der Waals surface area contributed by atoms with Gasteiger partial charge in [-0.05, 0) is 0 Å². The van der Waals surface area contributed by atoms with Gasteiger partial charge in [0, 0.05) is 0 Å². The Morgan fingerprint density at radius 3 is 1.65 bits per heavy atom. The van der Waals surface area contributed by atoms with Gasteiger partial charge in [0.25, 0.3) is 0 Å².